The molecule has 2 rings (SSSR count). The van der Waals surface area contributed by atoms with Gasteiger partial charge in [-0.05, 0) is 6.07 Å². The molecule has 1 aliphatic rings. The summed E-state index contributed by atoms with van der Waals surface area (Å²) in [5.74, 6) is 6.01. The van der Waals surface area contributed by atoms with E-state index in [0.29, 0.717) is 47.9 Å². The van der Waals surface area contributed by atoms with Gasteiger partial charge in [0.1, 0.15) is 11.4 Å². The van der Waals surface area contributed by atoms with E-state index in [2.05, 4.69) is 15.7 Å². The van der Waals surface area contributed by atoms with Crippen LogP contribution in [0.1, 0.15) is 6.42 Å². The lowest BCUT2D eigenvalue weighted by molar-refractivity contribution is 0.0381. The van der Waals surface area contributed by atoms with E-state index >= 15 is 0 Å². The summed E-state index contributed by atoms with van der Waals surface area (Å²) in [6.45, 7) is 1.15. The molecule has 1 fully saturated rings. The molecule has 6 nitrogen and oxygen atoms in total. The number of pyridine rings is 1. The lowest BCUT2D eigenvalue weighted by Gasteiger charge is -2.21. The van der Waals surface area contributed by atoms with Gasteiger partial charge in [-0.2, -0.15) is 0 Å². The van der Waals surface area contributed by atoms with Crippen LogP contribution in [0, 0.1) is 0 Å². The Morgan fingerprint density at radius 2 is 2.17 bits per heavy atom. The number of aromatic nitrogens is 1. The quantitative estimate of drug-likeness (QED) is 0.493. The molecule has 1 aromatic heterocycles. The van der Waals surface area contributed by atoms with Gasteiger partial charge >= 0.3 is 0 Å². The molecule has 1 atom stereocenters. The van der Waals surface area contributed by atoms with Gasteiger partial charge in [-0.3, -0.25) is 0 Å². The monoisotopic (exact) mass is 292 g/mol. The van der Waals surface area contributed by atoms with Gasteiger partial charge in [-0.25, -0.2) is 10.8 Å². The molecule has 1 aromatic rings. The molecule has 18 heavy (non-hydrogen) atoms. The molecular weight excluding hydrogens is 279 g/mol. The summed E-state index contributed by atoms with van der Waals surface area (Å²) in [6.07, 6.45) is 0.577. The topological polar surface area (TPSA) is 92.4 Å². The predicted molar refractivity (Wildman–Crippen MR) is 70.9 cm³/mol. The number of hydrazine groups is 1. The van der Waals surface area contributed by atoms with Crippen molar-refractivity contribution in [1.82, 2.24) is 4.98 Å². The summed E-state index contributed by atoms with van der Waals surface area (Å²) in [5, 5.41) is 13.8. The standard InChI is InChI=1S/C10H14Cl2N4O2/c11-6-3-7(12)9(16-13)15-8(6)14-4-10(17)1-2-18-5-10/h3,17H,1-2,4-5,13H2,(H2,14,15,16). The van der Waals surface area contributed by atoms with Gasteiger partial charge in [0.25, 0.3) is 0 Å². The smallest absolute Gasteiger partial charge is 0.161 e. The third-order valence-electron chi connectivity index (χ3n) is 2.73. The van der Waals surface area contributed by atoms with Gasteiger partial charge in [-0.15, -0.1) is 0 Å². The number of rotatable bonds is 4. The normalized spacial score (nSPS) is 23.1. The number of aliphatic hydroxyl groups is 1. The van der Waals surface area contributed by atoms with Crippen molar-refractivity contribution in [2.24, 2.45) is 5.84 Å². The lowest BCUT2D eigenvalue weighted by atomic mass is 10.0. The minimum absolute atomic E-state index is 0.297. The van der Waals surface area contributed by atoms with Crippen molar-refractivity contribution in [3.05, 3.63) is 16.1 Å². The van der Waals surface area contributed by atoms with Crippen LogP contribution < -0.4 is 16.6 Å². The second-order valence-corrected chi connectivity index (χ2v) is 4.99. The molecule has 2 heterocycles. The highest BCUT2D eigenvalue weighted by Gasteiger charge is 2.32. The van der Waals surface area contributed by atoms with Crippen LogP contribution in [-0.4, -0.2) is 35.5 Å². The fraction of sp³-hybridized carbons (Fsp3) is 0.500. The first-order valence-electron chi connectivity index (χ1n) is 5.41. The van der Waals surface area contributed by atoms with Crippen LogP contribution in [0.5, 0.6) is 0 Å². The van der Waals surface area contributed by atoms with E-state index < -0.39 is 5.60 Å². The van der Waals surface area contributed by atoms with Crippen LogP contribution in [0.15, 0.2) is 6.07 Å². The Balaban J connectivity index is 2.09. The second kappa shape index (κ2) is 5.46. The molecule has 100 valence electrons. The van der Waals surface area contributed by atoms with Gasteiger partial charge < -0.3 is 20.6 Å². The van der Waals surface area contributed by atoms with E-state index in [4.69, 9.17) is 33.8 Å². The number of nitrogens with two attached hydrogens (primary N) is 1. The number of nitrogens with zero attached hydrogens (tertiary/aromatic N) is 1. The van der Waals surface area contributed by atoms with Gasteiger partial charge in [0.15, 0.2) is 5.82 Å². The van der Waals surface area contributed by atoms with Crippen LogP contribution in [0.4, 0.5) is 11.6 Å². The zero-order valence-electron chi connectivity index (χ0n) is 9.54. The largest absolute Gasteiger partial charge is 0.386 e. The van der Waals surface area contributed by atoms with Crippen molar-refractivity contribution >= 4 is 34.8 Å². The SMILES string of the molecule is NNc1nc(NCC2(O)CCOC2)c(Cl)cc1Cl. The van der Waals surface area contributed by atoms with Gasteiger partial charge in [-0.1, -0.05) is 23.2 Å². The summed E-state index contributed by atoms with van der Waals surface area (Å²) in [7, 11) is 0. The highest BCUT2D eigenvalue weighted by Crippen LogP contribution is 2.29. The summed E-state index contributed by atoms with van der Waals surface area (Å²) in [5.41, 5.74) is 1.48. The van der Waals surface area contributed by atoms with Crippen LogP contribution >= 0.6 is 23.2 Å². The number of anilines is 2. The molecule has 8 heteroatoms. The zero-order valence-corrected chi connectivity index (χ0v) is 11.1. The van der Waals surface area contributed by atoms with Gasteiger partial charge in [0, 0.05) is 19.6 Å². The van der Waals surface area contributed by atoms with Crippen LogP contribution in [0.25, 0.3) is 0 Å². The Morgan fingerprint density at radius 3 is 2.78 bits per heavy atom. The number of hydrogen-bond acceptors (Lipinski definition) is 6. The van der Waals surface area contributed by atoms with Crippen molar-refractivity contribution in [1.29, 1.82) is 0 Å². The van der Waals surface area contributed by atoms with E-state index in [1.165, 1.54) is 6.07 Å². The minimum Gasteiger partial charge on any atom is -0.386 e. The average molecular weight is 293 g/mol. The molecule has 0 amide bonds. The molecule has 0 aliphatic carbocycles. The Labute approximate surface area is 114 Å². The number of halogens is 2. The highest BCUT2D eigenvalue weighted by molar-refractivity contribution is 6.37. The Hall–Kier alpha value is -0.790. The highest BCUT2D eigenvalue weighted by atomic mass is 35.5. The van der Waals surface area contributed by atoms with Crippen molar-refractivity contribution in [3.8, 4) is 0 Å². The fourth-order valence-electron chi connectivity index (χ4n) is 1.68. The van der Waals surface area contributed by atoms with Gasteiger partial charge in [0.2, 0.25) is 0 Å². The molecule has 1 unspecified atom stereocenters. The van der Waals surface area contributed by atoms with Crippen molar-refractivity contribution in [2.75, 3.05) is 30.5 Å². The van der Waals surface area contributed by atoms with Crippen LogP contribution in [-0.2, 0) is 4.74 Å². The molecule has 0 saturated carbocycles. The zero-order chi connectivity index (χ0) is 13.2. The third kappa shape index (κ3) is 2.96. The van der Waals surface area contributed by atoms with Crippen LogP contribution in [0.3, 0.4) is 0 Å². The molecular formula is C10H14Cl2N4O2. The molecule has 1 saturated heterocycles. The first kappa shape index (κ1) is 13.6. The molecule has 5 N–H and O–H groups in total. The fourth-order valence-corrected chi connectivity index (χ4v) is 2.16. The molecule has 0 aromatic carbocycles. The Kier molecular flexibility index (Phi) is 4.14. The summed E-state index contributed by atoms with van der Waals surface area (Å²) < 4.78 is 5.15. The predicted octanol–water partition coefficient (Wildman–Crippen LogP) is 1.24. The van der Waals surface area contributed by atoms with Crippen LogP contribution in [0.2, 0.25) is 10.0 Å². The van der Waals surface area contributed by atoms with Gasteiger partial charge in [0.05, 0.1) is 16.7 Å². The van der Waals surface area contributed by atoms with E-state index in [-0.39, 0.29) is 0 Å². The number of hydrogen-bond donors (Lipinski definition) is 4. The minimum atomic E-state index is -0.888. The number of nitrogen functional groups attached to an aromatic ring is 1. The summed E-state index contributed by atoms with van der Waals surface area (Å²) in [6, 6.07) is 1.53. The Bertz CT molecular complexity index is 438. The lowest BCUT2D eigenvalue weighted by Crippen LogP contribution is -2.37. The third-order valence-corrected chi connectivity index (χ3v) is 3.31. The van der Waals surface area contributed by atoms with Crippen molar-refractivity contribution in [2.45, 2.75) is 12.0 Å². The first-order valence-corrected chi connectivity index (χ1v) is 6.16. The van der Waals surface area contributed by atoms with Crippen molar-refractivity contribution in [3.63, 3.8) is 0 Å². The maximum Gasteiger partial charge on any atom is 0.161 e. The van der Waals surface area contributed by atoms with Crippen molar-refractivity contribution < 1.29 is 9.84 Å². The Morgan fingerprint density at radius 1 is 1.44 bits per heavy atom. The van der Waals surface area contributed by atoms with E-state index in [1.54, 1.807) is 0 Å². The molecule has 0 spiro atoms. The summed E-state index contributed by atoms with van der Waals surface area (Å²) in [4.78, 5) is 4.12. The van der Waals surface area contributed by atoms with E-state index in [9.17, 15) is 5.11 Å². The first-order chi connectivity index (χ1) is 8.54. The number of nitrogens with one attached hydrogen (secondary N) is 2. The maximum atomic E-state index is 10.1. The average Bonchev–Trinajstić information content (AvgIpc) is 2.76. The molecule has 0 bridgehead atoms. The molecule has 0 radical (unpaired) electrons. The van der Waals surface area contributed by atoms with E-state index in [0.717, 1.165) is 0 Å². The maximum absolute atomic E-state index is 10.1. The van der Waals surface area contributed by atoms with E-state index in [1.807, 2.05) is 0 Å². The second-order valence-electron chi connectivity index (χ2n) is 4.17. The molecule has 1 aliphatic heterocycles. The number of ether oxygens (including phenoxy) is 1. The summed E-state index contributed by atoms with van der Waals surface area (Å²) >= 11 is 11.9.